The van der Waals surface area contributed by atoms with E-state index in [-0.39, 0.29) is 0 Å². The Bertz CT molecular complexity index is 927. The van der Waals surface area contributed by atoms with Crippen molar-refractivity contribution in [3.05, 3.63) is 54.6 Å². The third kappa shape index (κ3) is 4.11. The minimum Gasteiger partial charge on any atom is -0.493 e. The van der Waals surface area contributed by atoms with Crippen molar-refractivity contribution in [1.82, 2.24) is 9.97 Å². The standard InChI is InChI=1S/C21H22N4O2/c1-26-18-11-10-16(12-19(18)27-2)23-21-24-17(14-6-4-3-5-7-14)13-20(25-21)22-15-8-9-15/h3-7,10-13,15H,8-9H2,1-2H3,(H2,22,23,24,25). The van der Waals surface area contributed by atoms with E-state index < -0.39 is 0 Å². The minimum absolute atomic E-state index is 0.512. The zero-order valence-electron chi connectivity index (χ0n) is 15.4. The maximum atomic E-state index is 5.37. The molecule has 1 aliphatic carbocycles. The van der Waals surface area contributed by atoms with Crippen LogP contribution in [0.25, 0.3) is 11.3 Å². The third-order valence-corrected chi connectivity index (χ3v) is 4.36. The summed E-state index contributed by atoms with van der Waals surface area (Å²) in [4.78, 5) is 9.32. The molecule has 0 unspecified atom stereocenters. The molecule has 1 aromatic heterocycles. The molecule has 0 aliphatic heterocycles. The second-order valence-corrected chi connectivity index (χ2v) is 6.44. The molecular formula is C21H22N4O2. The van der Waals surface area contributed by atoms with Crippen molar-refractivity contribution in [3.8, 4) is 22.8 Å². The summed E-state index contributed by atoms with van der Waals surface area (Å²) < 4.78 is 10.7. The van der Waals surface area contributed by atoms with E-state index in [0.29, 0.717) is 23.5 Å². The molecule has 3 aromatic rings. The van der Waals surface area contributed by atoms with Crippen LogP contribution in [0.15, 0.2) is 54.6 Å². The van der Waals surface area contributed by atoms with Gasteiger partial charge in [-0.05, 0) is 25.0 Å². The Morgan fingerprint density at radius 2 is 1.67 bits per heavy atom. The normalized spacial score (nSPS) is 13.1. The maximum absolute atomic E-state index is 5.37. The van der Waals surface area contributed by atoms with Gasteiger partial charge >= 0.3 is 0 Å². The van der Waals surface area contributed by atoms with Crippen LogP contribution in [0.5, 0.6) is 11.5 Å². The molecule has 0 atom stereocenters. The van der Waals surface area contributed by atoms with E-state index >= 15 is 0 Å². The largest absolute Gasteiger partial charge is 0.493 e. The Morgan fingerprint density at radius 1 is 0.889 bits per heavy atom. The highest BCUT2D eigenvalue weighted by Crippen LogP contribution is 2.32. The van der Waals surface area contributed by atoms with E-state index in [4.69, 9.17) is 14.5 Å². The van der Waals surface area contributed by atoms with Gasteiger partial charge in [-0.15, -0.1) is 0 Å². The lowest BCUT2D eigenvalue weighted by Gasteiger charge is -2.13. The number of aromatic nitrogens is 2. The first-order chi connectivity index (χ1) is 13.2. The summed E-state index contributed by atoms with van der Waals surface area (Å²) in [6.45, 7) is 0. The average molecular weight is 362 g/mol. The van der Waals surface area contributed by atoms with Crippen molar-refractivity contribution in [1.29, 1.82) is 0 Å². The average Bonchev–Trinajstić information content (AvgIpc) is 3.52. The Labute approximate surface area is 158 Å². The number of nitrogens with zero attached hydrogens (tertiary/aromatic N) is 2. The molecule has 6 heteroatoms. The van der Waals surface area contributed by atoms with Crippen molar-refractivity contribution in [2.75, 3.05) is 24.9 Å². The number of ether oxygens (including phenoxy) is 2. The van der Waals surface area contributed by atoms with E-state index in [9.17, 15) is 0 Å². The smallest absolute Gasteiger partial charge is 0.229 e. The lowest BCUT2D eigenvalue weighted by molar-refractivity contribution is 0.355. The number of rotatable bonds is 7. The molecule has 1 fully saturated rings. The number of benzene rings is 2. The van der Waals surface area contributed by atoms with Crippen LogP contribution in [0.2, 0.25) is 0 Å². The van der Waals surface area contributed by atoms with Gasteiger partial charge in [-0.3, -0.25) is 0 Å². The van der Waals surface area contributed by atoms with Crippen molar-refractivity contribution in [2.45, 2.75) is 18.9 Å². The zero-order valence-corrected chi connectivity index (χ0v) is 15.4. The molecule has 27 heavy (non-hydrogen) atoms. The lowest BCUT2D eigenvalue weighted by Crippen LogP contribution is -2.07. The van der Waals surface area contributed by atoms with E-state index in [0.717, 1.165) is 22.8 Å². The Balaban J connectivity index is 1.66. The monoisotopic (exact) mass is 362 g/mol. The molecule has 1 saturated carbocycles. The molecule has 6 nitrogen and oxygen atoms in total. The summed E-state index contributed by atoms with van der Waals surface area (Å²) in [6, 6.07) is 18.2. The second kappa shape index (κ2) is 7.53. The Hall–Kier alpha value is -3.28. The summed E-state index contributed by atoms with van der Waals surface area (Å²) in [5, 5.41) is 6.73. The maximum Gasteiger partial charge on any atom is 0.229 e. The molecule has 0 bridgehead atoms. The second-order valence-electron chi connectivity index (χ2n) is 6.44. The molecule has 138 valence electrons. The lowest BCUT2D eigenvalue weighted by atomic mass is 10.1. The quantitative estimate of drug-likeness (QED) is 0.646. The zero-order chi connectivity index (χ0) is 18.6. The molecule has 4 rings (SSSR count). The number of hydrogen-bond donors (Lipinski definition) is 2. The van der Waals surface area contributed by atoms with Crippen LogP contribution < -0.4 is 20.1 Å². The van der Waals surface area contributed by atoms with Crippen LogP contribution >= 0.6 is 0 Å². The fourth-order valence-corrected chi connectivity index (χ4v) is 2.81. The van der Waals surface area contributed by atoms with Crippen molar-refractivity contribution < 1.29 is 9.47 Å². The number of nitrogens with one attached hydrogen (secondary N) is 2. The molecule has 0 amide bonds. The van der Waals surface area contributed by atoms with E-state index in [1.54, 1.807) is 14.2 Å². The number of anilines is 3. The van der Waals surface area contributed by atoms with E-state index in [1.165, 1.54) is 12.8 Å². The third-order valence-electron chi connectivity index (χ3n) is 4.36. The first-order valence-electron chi connectivity index (χ1n) is 8.95. The predicted molar refractivity (Wildman–Crippen MR) is 107 cm³/mol. The fraction of sp³-hybridized carbons (Fsp3) is 0.238. The van der Waals surface area contributed by atoms with Crippen LogP contribution in [-0.2, 0) is 0 Å². The van der Waals surface area contributed by atoms with Crippen LogP contribution in [-0.4, -0.2) is 30.2 Å². The van der Waals surface area contributed by atoms with Crippen LogP contribution in [0.4, 0.5) is 17.5 Å². The molecule has 2 aromatic carbocycles. The van der Waals surface area contributed by atoms with Gasteiger partial charge in [-0.1, -0.05) is 30.3 Å². The van der Waals surface area contributed by atoms with Gasteiger partial charge in [0.1, 0.15) is 5.82 Å². The summed E-state index contributed by atoms with van der Waals surface area (Å²) in [6.07, 6.45) is 2.37. The Kier molecular flexibility index (Phi) is 4.78. The van der Waals surface area contributed by atoms with Gasteiger partial charge in [0.05, 0.1) is 19.9 Å². The van der Waals surface area contributed by atoms with Gasteiger partial charge in [0.25, 0.3) is 0 Å². The van der Waals surface area contributed by atoms with Crippen LogP contribution in [0, 0.1) is 0 Å². The summed E-state index contributed by atoms with van der Waals surface area (Å²) in [5.74, 6) is 2.69. The van der Waals surface area contributed by atoms with Gasteiger partial charge < -0.3 is 20.1 Å². The topological polar surface area (TPSA) is 68.3 Å². The van der Waals surface area contributed by atoms with Gasteiger partial charge in [0.2, 0.25) is 5.95 Å². The highest BCUT2D eigenvalue weighted by Gasteiger charge is 2.22. The van der Waals surface area contributed by atoms with Gasteiger partial charge in [0.15, 0.2) is 11.5 Å². The van der Waals surface area contributed by atoms with Crippen molar-refractivity contribution >= 4 is 17.5 Å². The Morgan fingerprint density at radius 3 is 2.37 bits per heavy atom. The molecule has 0 saturated heterocycles. The summed E-state index contributed by atoms with van der Waals surface area (Å²) in [7, 11) is 3.24. The molecular weight excluding hydrogens is 340 g/mol. The fourth-order valence-electron chi connectivity index (χ4n) is 2.81. The SMILES string of the molecule is COc1ccc(Nc2nc(NC3CC3)cc(-c3ccccc3)n2)cc1OC. The molecule has 0 spiro atoms. The first-order valence-corrected chi connectivity index (χ1v) is 8.95. The molecule has 0 radical (unpaired) electrons. The molecule has 2 N–H and O–H groups in total. The van der Waals surface area contributed by atoms with Crippen LogP contribution in [0.1, 0.15) is 12.8 Å². The van der Waals surface area contributed by atoms with E-state index in [1.807, 2.05) is 54.6 Å². The molecule has 1 aliphatic rings. The highest BCUT2D eigenvalue weighted by atomic mass is 16.5. The van der Waals surface area contributed by atoms with Crippen LogP contribution in [0.3, 0.4) is 0 Å². The van der Waals surface area contributed by atoms with Gasteiger partial charge in [-0.25, -0.2) is 4.98 Å². The van der Waals surface area contributed by atoms with Crippen molar-refractivity contribution in [3.63, 3.8) is 0 Å². The number of hydrogen-bond acceptors (Lipinski definition) is 6. The summed E-state index contributed by atoms with van der Waals surface area (Å²) in [5.41, 5.74) is 2.75. The van der Waals surface area contributed by atoms with E-state index in [2.05, 4.69) is 15.6 Å². The summed E-state index contributed by atoms with van der Waals surface area (Å²) >= 11 is 0. The molecule has 1 heterocycles. The minimum atomic E-state index is 0.512. The van der Waals surface area contributed by atoms with Gasteiger partial charge in [-0.2, -0.15) is 4.98 Å². The first kappa shape index (κ1) is 17.1. The predicted octanol–water partition coefficient (Wildman–Crippen LogP) is 4.48. The van der Waals surface area contributed by atoms with Crippen molar-refractivity contribution in [2.24, 2.45) is 0 Å². The van der Waals surface area contributed by atoms with Gasteiger partial charge in [0, 0.05) is 29.4 Å². The number of methoxy groups -OCH3 is 2. The highest BCUT2D eigenvalue weighted by molar-refractivity contribution is 5.67.